The number of Topliss-reactive ketones (excluding diaryl/α,β-unsaturated/α-hetero) is 1. The molecule has 3 heteroatoms. The Kier molecular flexibility index (Phi) is 3.33. The predicted molar refractivity (Wildman–Crippen MR) is 80.5 cm³/mol. The molecule has 0 saturated carbocycles. The molecule has 1 saturated heterocycles. The second-order valence-corrected chi connectivity index (χ2v) is 6.63. The number of ether oxygens (including phenoxy) is 1. The molecule has 0 spiro atoms. The molecule has 3 nitrogen and oxygen atoms in total. The molecule has 1 fully saturated rings. The zero-order chi connectivity index (χ0) is 14.3. The van der Waals surface area contributed by atoms with Gasteiger partial charge in [0.05, 0.1) is 11.7 Å². The van der Waals surface area contributed by atoms with Gasteiger partial charge in [0.15, 0.2) is 5.78 Å². The van der Waals surface area contributed by atoms with E-state index in [9.17, 15) is 4.79 Å². The number of anilines is 1. The number of rotatable bonds is 3. The van der Waals surface area contributed by atoms with Crippen molar-refractivity contribution in [3.05, 3.63) is 29.3 Å². The minimum absolute atomic E-state index is 0.0334. The van der Waals surface area contributed by atoms with Gasteiger partial charge in [-0.15, -0.1) is 0 Å². The van der Waals surface area contributed by atoms with Crippen LogP contribution in [-0.4, -0.2) is 30.6 Å². The molecule has 2 heterocycles. The van der Waals surface area contributed by atoms with E-state index < -0.39 is 0 Å². The quantitative estimate of drug-likeness (QED) is 0.792. The van der Waals surface area contributed by atoms with Crippen LogP contribution < -0.4 is 4.90 Å². The highest BCUT2D eigenvalue weighted by Gasteiger charge is 2.33. The average Bonchev–Trinajstić information content (AvgIpc) is 2.93. The van der Waals surface area contributed by atoms with Crippen molar-refractivity contribution >= 4 is 11.5 Å². The molecule has 2 aliphatic rings. The van der Waals surface area contributed by atoms with Gasteiger partial charge in [0, 0.05) is 24.3 Å². The molecule has 20 heavy (non-hydrogen) atoms. The maximum Gasteiger partial charge on any atom is 0.159 e. The van der Waals surface area contributed by atoms with Gasteiger partial charge >= 0.3 is 0 Å². The maximum atomic E-state index is 11.4. The molecule has 2 aliphatic heterocycles. The van der Waals surface area contributed by atoms with Gasteiger partial charge in [-0.3, -0.25) is 4.79 Å². The minimum atomic E-state index is 0.0334. The molecular formula is C17H23NO2. The molecule has 0 amide bonds. The fourth-order valence-electron chi connectivity index (χ4n) is 3.33. The number of fused-ring (bicyclic) bond motifs is 1. The lowest BCUT2D eigenvalue weighted by atomic mass is 10.1. The van der Waals surface area contributed by atoms with Gasteiger partial charge in [0.25, 0.3) is 0 Å². The monoisotopic (exact) mass is 273 g/mol. The molecule has 3 rings (SSSR count). The summed E-state index contributed by atoms with van der Waals surface area (Å²) in [5.74, 6) is 0.145. The van der Waals surface area contributed by atoms with Crippen LogP contribution in [0.25, 0.3) is 0 Å². The Bertz CT molecular complexity index is 536. The van der Waals surface area contributed by atoms with E-state index in [-0.39, 0.29) is 11.4 Å². The number of carbonyl (C=O) groups excluding carboxylic acids is 1. The number of benzene rings is 1. The van der Waals surface area contributed by atoms with E-state index >= 15 is 0 Å². The van der Waals surface area contributed by atoms with Crippen molar-refractivity contribution in [1.29, 1.82) is 0 Å². The molecule has 0 radical (unpaired) electrons. The fourth-order valence-corrected chi connectivity index (χ4v) is 3.33. The van der Waals surface area contributed by atoms with Gasteiger partial charge in [-0.1, -0.05) is 0 Å². The summed E-state index contributed by atoms with van der Waals surface area (Å²) in [6, 6.07) is 6.09. The third-order valence-electron chi connectivity index (χ3n) is 4.46. The Balaban J connectivity index is 1.72. The number of hydrogen-bond donors (Lipinski definition) is 0. The highest BCUT2D eigenvalue weighted by Crippen LogP contribution is 2.33. The first-order valence-corrected chi connectivity index (χ1v) is 7.51. The average molecular weight is 273 g/mol. The molecule has 0 aliphatic carbocycles. The highest BCUT2D eigenvalue weighted by atomic mass is 16.5. The fraction of sp³-hybridized carbons (Fsp3) is 0.588. The van der Waals surface area contributed by atoms with Crippen LogP contribution in [0.5, 0.6) is 0 Å². The third-order valence-corrected chi connectivity index (χ3v) is 4.46. The van der Waals surface area contributed by atoms with Crippen molar-refractivity contribution in [3.63, 3.8) is 0 Å². The van der Waals surface area contributed by atoms with Crippen LogP contribution in [0.3, 0.4) is 0 Å². The Morgan fingerprint density at radius 1 is 1.45 bits per heavy atom. The van der Waals surface area contributed by atoms with Gasteiger partial charge < -0.3 is 9.64 Å². The molecular weight excluding hydrogens is 250 g/mol. The van der Waals surface area contributed by atoms with Crippen LogP contribution in [-0.2, 0) is 11.2 Å². The van der Waals surface area contributed by atoms with Crippen LogP contribution in [0.2, 0.25) is 0 Å². The van der Waals surface area contributed by atoms with Crippen molar-refractivity contribution in [1.82, 2.24) is 0 Å². The first-order valence-electron chi connectivity index (χ1n) is 7.51. The smallest absolute Gasteiger partial charge is 0.159 e. The standard InChI is InChI=1S/C17H23NO2/c1-12(19)13-4-5-16-14(10-13)7-9-18(16)11-15-6-8-17(2,3)20-15/h4-5,10,15H,6-9,11H2,1-3H3. The molecule has 1 atom stereocenters. The maximum absolute atomic E-state index is 11.4. The molecule has 1 unspecified atom stereocenters. The number of ketones is 1. The molecule has 0 N–H and O–H groups in total. The van der Waals surface area contributed by atoms with E-state index in [0.717, 1.165) is 37.9 Å². The molecule has 0 bridgehead atoms. The van der Waals surface area contributed by atoms with Gasteiger partial charge in [-0.2, -0.15) is 0 Å². The first kappa shape index (κ1) is 13.6. The van der Waals surface area contributed by atoms with Crippen molar-refractivity contribution in [2.75, 3.05) is 18.0 Å². The van der Waals surface area contributed by atoms with Crippen LogP contribution in [0, 0.1) is 0 Å². The van der Waals surface area contributed by atoms with Crippen LogP contribution >= 0.6 is 0 Å². The summed E-state index contributed by atoms with van der Waals surface area (Å²) in [6.45, 7) is 7.98. The summed E-state index contributed by atoms with van der Waals surface area (Å²) in [5.41, 5.74) is 3.44. The van der Waals surface area contributed by atoms with Crippen LogP contribution in [0.15, 0.2) is 18.2 Å². The van der Waals surface area contributed by atoms with E-state index in [4.69, 9.17) is 4.74 Å². The second kappa shape index (κ2) is 4.88. The summed E-state index contributed by atoms with van der Waals surface area (Å²) in [5, 5.41) is 0. The molecule has 1 aromatic rings. The SMILES string of the molecule is CC(=O)c1ccc2c(c1)CCN2CC1CCC(C)(C)O1. The zero-order valence-electron chi connectivity index (χ0n) is 12.6. The van der Waals surface area contributed by atoms with E-state index in [1.165, 1.54) is 11.3 Å². The van der Waals surface area contributed by atoms with E-state index in [1.54, 1.807) is 6.92 Å². The van der Waals surface area contributed by atoms with Crippen LogP contribution in [0.1, 0.15) is 49.5 Å². The largest absolute Gasteiger partial charge is 0.371 e. The van der Waals surface area contributed by atoms with E-state index in [2.05, 4.69) is 30.9 Å². The van der Waals surface area contributed by atoms with Gasteiger partial charge in [-0.25, -0.2) is 0 Å². The lowest BCUT2D eigenvalue weighted by molar-refractivity contribution is -0.0114. The summed E-state index contributed by atoms with van der Waals surface area (Å²) < 4.78 is 6.09. The normalized spacial score (nSPS) is 23.9. The van der Waals surface area contributed by atoms with Crippen LogP contribution in [0.4, 0.5) is 5.69 Å². The van der Waals surface area contributed by atoms with Gasteiger partial charge in [0.2, 0.25) is 0 Å². The Morgan fingerprint density at radius 3 is 2.90 bits per heavy atom. The minimum Gasteiger partial charge on any atom is -0.371 e. The first-order chi connectivity index (χ1) is 9.44. The Hall–Kier alpha value is -1.35. The predicted octanol–water partition coefficient (Wildman–Crippen LogP) is 3.21. The Labute approximate surface area is 120 Å². The number of hydrogen-bond acceptors (Lipinski definition) is 3. The Morgan fingerprint density at radius 2 is 2.25 bits per heavy atom. The molecule has 108 valence electrons. The lowest BCUT2D eigenvalue weighted by Gasteiger charge is -2.25. The van der Waals surface area contributed by atoms with Crippen molar-refractivity contribution in [2.24, 2.45) is 0 Å². The van der Waals surface area contributed by atoms with Gasteiger partial charge in [0.1, 0.15) is 0 Å². The van der Waals surface area contributed by atoms with E-state index in [0.29, 0.717) is 6.10 Å². The number of nitrogens with zero attached hydrogens (tertiary/aromatic N) is 1. The van der Waals surface area contributed by atoms with Crippen molar-refractivity contribution in [2.45, 2.75) is 51.7 Å². The highest BCUT2D eigenvalue weighted by molar-refractivity contribution is 5.94. The van der Waals surface area contributed by atoms with E-state index in [1.807, 2.05) is 6.07 Å². The summed E-state index contributed by atoms with van der Waals surface area (Å²) in [6.07, 6.45) is 3.65. The summed E-state index contributed by atoms with van der Waals surface area (Å²) in [4.78, 5) is 13.9. The molecule has 0 aromatic heterocycles. The topological polar surface area (TPSA) is 29.5 Å². The summed E-state index contributed by atoms with van der Waals surface area (Å²) in [7, 11) is 0. The van der Waals surface area contributed by atoms with Crippen molar-refractivity contribution < 1.29 is 9.53 Å². The molecule has 1 aromatic carbocycles. The summed E-state index contributed by atoms with van der Waals surface area (Å²) >= 11 is 0. The zero-order valence-corrected chi connectivity index (χ0v) is 12.6. The lowest BCUT2D eigenvalue weighted by Crippen LogP contribution is -2.32. The second-order valence-electron chi connectivity index (χ2n) is 6.63. The van der Waals surface area contributed by atoms with Gasteiger partial charge in [-0.05, 0) is 63.8 Å². The third kappa shape index (κ3) is 2.59. The van der Waals surface area contributed by atoms with Crippen molar-refractivity contribution in [3.8, 4) is 0 Å². The number of carbonyl (C=O) groups is 1.